The number of rotatable bonds is 4. The minimum absolute atomic E-state index is 0.0663. The van der Waals surface area contributed by atoms with E-state index in [-0.39, 0.29) is 12.5 Å². The van der Waals surface area contributed by atoms with Gasteiger partial charge in [0.15, 0.2) is 0 Å². The van der Waals surface area contributed by atoms with Crippen LogP contribution in [0.1, 0.15) is 21.5 Å². The molecule has 3 aromatic rings. The van der Waals surface area contributed by atoms with Crippen LogP contribution in [0, 0.1) is 6.92 Å². The predicted molar refractivity (Wildman–Crippen MR) is 86.4 cm³/mol. The third-order valence-corrected chi connectivity index (χ3v) is 3.51. The molecule has 0 fully saturated rings. The Bertz CT molecular complexity index is 828. The number of aliphatic hydroxyl groups is 1. The summed E-state index contributed by atoms with van der Waals surface area (Å²) >= 11 is 0. The highest BCUT2D eigenvalue weighted by molar-refractivity contribution is 6.04. The smallest absolute Gasteiger partial charge is 0.255 e. The lowest BCUT2D eigenvalue weighted by Crippen LogP contribution is -2.14. The van der Waals surface area contributed by atoms with E-state index < -0.39 is 0 Å². The van der Waals surface area contributed by atoms with E-state index in [1.165, 1.54) is 0 Å². The average Bonchev–Trinajstić information content (AvgIpc) is 3.11. The minimum Gasteiger partial charge on any atom is -0.392 e. The lowest BCUT2D eigenvalue weighted by atomic mass is 10.1. The number of hydrogen-bond donors (Lipinski definition) is 2. The van der Waals surface area contributed by atoms with Crippen LogP contribution in [0.2, 0.25) is 0 Å². The van der Waals surface area contributed by atoms with E-state index in [9.17, 15) is 9.90 Å². The third-order valence-electron chi connectivity index (χ3n) is 3.51. The summed E-state index contributed by atoms with van der Waals surface area (Å²) in [6, 6.07) is 8.81. The van der Waals surface area contributed by atoms with Crippen LogP contribution >= 0.6 is 0 Å². The van der Waals surface area contributed by atoms with Crippen molar-refractivity contribution in [2.45, 2.75) is 13.5 Å². The molecule has 1 aromatic carbocycles. The summed E-state index contributed by atoms with van der Waals surface area (Å²) in [5.74, 6) is 0.392. The first-order valence-corrected chi connectivity index (χ1v) is 7.13. The second kappa shape index (κ2) is 6.41. The highest BCUT2D eigenvalue weighted by atomic mass is 16.3. The van der Waals surface area contributed by atoms with Gasteiger partial charge in [-0.15, -0.1) is 0 Å². The SMILES string of the molecule is Cc1ccc(CO)cc1NC(=O)c1ccnc(-n2ccnc2)c1. The number of imidazole rings is 1. The van der Waals surface area contributed by atoms with E-state index in [0.29, 0.717) is 17.1 Å². The first kappa shape index (κ1) is 14.9. The van der Waals surface area contributed by atoms with Gasteiger partial charge < -0.3 is 10.4 Å². The number of aromatic nitrogens is 3. The molecule has 0 spiro atoms. The monoisotopic (exact) mass is 308 g/mol. The molecule has 2 heterocycles. The molecule has 0 unspecified atom stereocenters. The Labute approximate surface area is 133 Å². The maximum Gasteiger partial charge on any atom is 0.255 e. The number of anilines is 1. The number of nitrogens with one attached hydrogen (secondary N) is 1. The number of aliphatic hydroxyl groups excluding tert-OH is 1. The Kier molecular flexibility index (Phi) is 4.16. The van der Waals surface area contributed by atoms with Gasteiger partial charge in [0.05, 0.1) is 6.61 Å². The number of carbonyl (C=O) groups is 1. The van der Waals surface area contributed by atoms with Crippen molar-refractivity contribution in [3.05, 3.63) is 71.9 Å². The van der Waals surface area contributed by atoms with Gasteiger partial charge in [0.25, 0.3) is 5.91 Å². The molecule has 0 radical (unpaired) electrons. The lowest BCUT2D eigenvalue weighted by molar-refractivity contribution is 0.102. The Morgan fingerprint density at radius 2 is 2.13 bits per heavy atom. The molecule has 2 N–H and O–H groups in total. The lowest BCUT2D eigenvalue weighted by Gasteiger charge is -2.10. The molecule has 0 aliphatic rings. The molecular formula is C17H16N4O2. The zero-order chi connectivity index (χ0) is 16.2. The molecule has 23 heavy (non-hydrogen) atoms. The van der Waals surface area contributed by atoms with Gasteiger partial charge in [0, 0.05) is 29.8 Å². The van der Waals surface area contributed by atoms with Crippen molar-refractivity contribution in [1.29, 1.82) is 0 Å². The van der Waals surface area contributed by atoms with Crippen molar-refractivity contribution in [2.24, 2.45) is 0 Å². The van der Waals surface area contributed by atoms with Gasteiger partial charge >= 0.3 is 0 Å². The molecule has 3 rings (SSSR count). The maximum atomic E-state index is 12.5. The van der Waals surface area contributed by atoms with Gasteiger partial charge in [0.2, 0.25) is 0 Å². The van der Waals surface area contributed by atoms with Gasteiger partial charge in [-0.1, -0.05) is 12.1 Å². The van der Waals surface area contributed by atoms with Crippen LogP contribution in [0.25, 0.3) is 5.82 Å². The quantitative estimate of drug-likeness (QED) is 0.775. The summed E-state index contributed by atoms with van der Waals surface area (Å²) in [7, 11) is 0. The number of carbonyl (C=O) groups excluding carboxylic acids is 1. The molecule has 2 aromatic heterocycles. The van der Waals surface area contributed by atoms with Crippen LogP contribution in [0.3, 0.4) is 0 Å². The largest absolute Gasteiger partial charge is 0.392 e. The molecule has 0 saturated carbocycles. The van der Waals surface area contributed by atoms with E-state index in [2.05, 4.69) is 15.3 Å². The summed E-state index contributed by atoms with van der Waals surface area (Å²) in [6.07, 6.45) is 6.62. The highest BCUT2D eigenvalue weighted by Gasteiger charge is 2.10. The Morgan fingerprint density at radius 3 is 2.87 bits per heavy atom. The summed E-state index contributed by atoms with van der Waals surface area (Å²) < 4.78 is 1.73. The normalized spacial score (nSPS) is 10.5. The van der Waals surface area contributed by atoms with Gasteiger partial charge in [0.1, 0.15) is 12.1 Å². The van der Waals surface area contributed by atoms with Crippen molar-refractivity contribution in [1.82, 2.24) is 14.5 Å². The fraction of sp³-hybridized carbons (Fsp3) is 0.118. The van der Waals surface area contributed by atoms with E-state index in [1.54, 1.807) is 47.7 Å². The first-order valence-electron chi connectivity index (χ1n) is 7.13. The molecule has 0 aliphatic heterocycles. The molecule has 116 valence electrons. The summed E-state index contributed by atoms with van der Waals surface area (Å²) in [4.78, 5) is 20.7. The number of amides is 1. The van der Waals surface area contributed by atoms with Crippen LogP contribution in [0.4, 0.5) is 5.69 Å². The number of aryl methyl sites for hydroxylation is 1. The summed E-state index contributed by atoms with van der Waals surface area (Å²) in [6.45, 7) is 1.84. The zero-order valence-electron chi connectivity index (χ0n) is 12.6. The summed E-state index contributed by atoms with van der Waals surface area (Å²) in [5.41, 5.74) is 2.86. The van der Waals surface area contributed by atoms with Crippen LogP contribution in [-0.2, 0) is 6.61 Å². The number of hydrogen-bond acceptors (Lipinski definition) is 4. The van der Waals surface area contributed by atoms with Crippen molar-refractivity contribution in [2.75, 3.05) is 5.32 Å². The Hall–Kier alpha value is -2.99. The second-order valence-electron chi connectivity index (χ2n) is 5.13. The first-order chi connectivity index (χ1) is 11.2. The fourth-order valence-corrected chi connectivity index (χ4v) is 2.19. The van der Waals surface area contributed by atoms with Crippen LogP contribution in [0.15, 0.2) is 55.2 Å². The molecule has 0 bridgehead atoms. The molecular weight excluding hydrogens is 292 g/mol. The van der Waals surface area contributed by atoms with Crippen LogP contribution in [-0.4, -0.2) is 25.5 Å². The van der Waals surface area contributed by atoms with Crippen molar-refractivity contribution < 1.29 is 9.90 Å². The minimum atomic E-state index is -0.230. The topological polar surface area (TPSA) is 80.0 Å². The van der Waals surface area contributed by atoms with E-state index in [1.807, 2.05) is 19.1 Å². The number of pyridine rings is 1. The molecule has 0 aliphatic carbocycles. The third kappa shape index (κ3) is 3.27. The number of nitrogens with zero attached hydrogens (tertiary/aromatic N) is 3. The molecule has 0 atom stereocenters. The van der Waals surface area contributed by atoms with Gasteiger partial charge in [-0.3, -0.25) is 9.36 Å². The maximum absolute atomic E-state index is 12.5. The molecule has 1 amide bonds. The standard InChI is InChI=1S/C17H16N4O2/c1-12-2-3-13(10-22)8-15(12)20-17(23)14-4-5-19-16(9-14)21-7-6-18-11-21/h2-9,11,22H,10H2,1H3,(H,20,23). The Balaban J connectivity index is 1.85. The van der Waals surface area contributed by atoms with Crippen molar-refractivity contribution >= 4 is 11.6 Å². The molecule has 0 saturated heterocycles. The zero-order valence-corrected chi connectivity index (χ0v) is 12.6. The number of benzene rings is 1. The molecule has 6 heteroatoms. The predicted octanol–water partition coefficient (Wildman–Crippen LogP) is 2.32. The van der Waals surface area contributed by atoms with E-state index in [0.717, 1.165) is 11.1 Å². The van der Waals surface area contributed by atoms with E-state index >= 15 is 0 Å². The fourth-order valence-electron chi connectivity index (χ4n) is 2.19. The second-order valence-corrected chi connectivity index (χ2v) is 5.13. The van der Waals surface area contributed by atoms with Gasteiger partial charge in [-0.2, -0.15) is 0 Å². The van der Waals surface area contributed by atoms with Gasteiger partial charge in [-0.25, -0.2) is 9.97 Å². The van der Waals surface area contributed by atoms with Crippen molar-refractivity contribution in [3.8, 4) is 5.82 Å². The average molecular weight is 308 g/mol. The van der Waals surface area contributed by atoms with Gasteiger partial charge in [-0.05, 0) is 36.2 Å². The highest BCUT2D eigenvalue weighted by Crippen LogP contribution is 2.18. The summed E-state index contributed by atoms with van der Waals surface area (Å²) in [5, 5.41) is 12.1. The Morgan fingerprint density at radius 1 is 1.26 bits per heavy atom. The van der Waals surface area contributed by atoms with Crippen LogP contribution < -0.4 is 5.32 Å². The molecule has 6 nitrogen and oxygen atoms in total. The van der Waals surface area contributed by atoms with Crippen molar-refractivity contribution in [3.63, 3.8) is 0 Å². The van der Waals surface area contributed by atoms with E-state index in [4.69, 9.17) is 0 Å². The van der Waals surface area contributed by atoms with Crippen LogP contribution in [0.5, 0.6) is 0 Å².